The molecule has 1 rings (SSSR count). The van der Waals surface area contributed by atoms with E-state index in [9.17, 15) is 4.79 Å². The molecule has 1 amide bonds. The highest BCUT2D eigenvalue weighted by Gasteiger charge is 2.27. The minimum absolute atomic E-state index is 0.180. The van der Waals surface area contributed by atoms with Crippen LogP contribution < -0.4 is 11.1 Å². The van der Waals surface area contributed by atoms with Gasteiger partial charge >= 0.3 is 0 Å². The molecule has 4 nitrogen and oxygen atoms in total. The van der Waals surface area contributed by atoms with E-state index in [0.29, 0.717) is 6.61 Å². The van der Waals surface area contributed by atoms with Gasteiger partial charge in [-0.05, 0) is 0 Å². The first-order valence-electron chi connectivity index (χ1n) is 3.40. The average Bonchev–Trinajstić information content (AvgIpc) is 2.37. The van der Waals surface area contributed by atoms with Gasteiger partial charge in [-0.1, -0.05) is 0 Å². The van der Waals surface area contributed by atoms with Crippen molar-refractivity contribution in [3.05, 3.63) is 0 Å². The maximum atomic E-state index is 10.7. The van der Waals surface area contributed by atoms with E-state index in [1.807, 2.05) is 0 Å². The van der Waals surface area contributed by atoms with Crippen LogP contribution in [-0.4, -0.2) is 36.8 Å². The molecule has 1 aliphatic heterocycles. The number of ether oxygens (including phenoxy) is 1. The minimum Gasteiger partial charge on any atom is -0.382 e. The molecule has 0 saturated carbocycles. The summed E-state index contributed by atoms with van der Waals surface area (Å²) < 4.78 is 4.92. The molecular formula is C6H12N2O2S. The number of methoxy groups -OCH3 is 1. The second-order valence-corrected chi connectivity index (χ2v) is 3.63. The van der Waals surface area contributed by atoms with E-state index in [1.165, 1.54) is 0 Å². The Morgan fingerprint density at radius 1 is 1.91 bits per heavy atom. The Morgan fingerprint density at radius 3 is 3.09 bits per heavy atom. The van der Waals surface area contributed by atoms with Crippen molar-refractivity contribution in [2.24, 2.45) is 5.73 Å². The fourth-order valence-corrected chi connectivity index (χ4v) is 2.12. The quantitative estimate of drug-likeness (QED) is 0.588. The second kappa shape index (κ2) is 3.94. The molecule has 11 heavy (non-hydrogen) atoms. The van der Waals surface area contributed by atoms with Crippen LogP contribution in [-0.2, 0) is 9.53 Å². The summed E-state index contributed by atoms with van der Waals surface area (Å²) in [5, 5.41) is 3.27. The molecule has 0 spiro atoms. The molecule has 64 valence electrons. The predicted octanol–water partition coefficient (Wildman–Crippen LogP) is -0.851. The third kappa shape index (κ3) is 2.36. The van der Waals surface area contributed by atoms with Gasteiger partial charge in [-0.25, -0.2) is 0 Å². The van der Waals surface area contributed by atoms with Crippen molar-refractivity contribution in [3.63, 3.8) is 0 Å². The van der Waals surface area contributed by atoms with Gasteiger partial charge in [0, 0.05) is 12.9 Å². The lowest BCUT2D eigenvalue weighted by Gasteiger charge is -2.08. The predicted molar refractivity (Wildman–Crippen MR) is 44.2 cm³/mol. The monoisotopic (exact) mass is 176 g/mol. The van der Waals surface area contributed by atoms with Crippen LogP contribution >= 0.6 is 11.8 Å². The zero-order valence-corrected chi connectivity index (χ0v) is 7.19. The van der Waals surface area contributed by atoms with E-state index >= 15 is 0 Å². The van der Waals surface area contributed by atoms with Gasteiger partial charge in [0.1, 0.15) is 0 Å². The van der Waals surface area contributed by atoms with E-state index in [1.54, 1.807) is 18.9 Å². The first kappa shape index (κ1) is 8.83. The number of hydrogen-bond donors (Lipinski definition) is 2. The number of primary amides is 1. The van der Waals surface area contributed by atoms with Crippen molar-refractivity contribution in [2.75, 3.05) is 19.5 Å². The Kier molecular flexibility index (Phi) is 3.16. The molecule has 1 aliphatic rings. The van der Waals surface area contributed by atoms with Crippen LogP contribution in [0.5, 0.6) is 0 Å². The first-order valence-corrected chi connectivity index (χ1v) is 4.45. The first-order chi connectivity index (χ1) is 5.24. The van der Waals surface area contributed by atoms with Crippen molar-refractivity contribution in [2.45, 2.75) is 11.4 Å². The molecule has 0 bridgehead atoms. The van der Waals surface area contributed by atoms with Gasteiger partial charge < -0.3 is 10.5 Å². The van der Waals surface area contributed by atoms with Crippen molar-refractivity contribution < 1.29 is 9.53 Å². The summed E-state index contributed by atoms with van der Waals surface area (Å²) >= 11 is 1.67. The van der Waals surface area contributed by atoms with E-state index in [4.69, 9.17) is 10.5 Å². The molecule has 1 fully saturated rings. The van der Waals surface area contributed by atoms with Gasteiger partial charge in [0.05, 0.1) is 18.0 Å². The Labute approximate surface area is 69.8 Å². The minimum atomic E-state index is -0.281. The SMILES string of the molecule is COCC1NC(C(N)=O)CS1. The van der Waals surface area contributed by atoms with E-state index < -0.39 is 0 Å². The van der Waals surface area contributed by atoms with Gasteiger partial charge in [0.2, 0.25) is 5.91 Å². The van der Waals surface area contributed by atoms with Crippen molar-refractivity contribution in [1.82, 2.24) is 5.32 Å². The summed E-state index contributed by atoms with van der Waals surface area (Å²) in [7, 11) is 1.64. The van der Waals surface area contributed by atoms with Crippen molar-refractivity contribution in [3.8, 4) is 0 Å². The molecule has 5 heteroatoms. The smallest absolute Gasteiger partial charge is 0.235 e. The summed E-state index contributed by atoms with van der Waals surface area (Å²) in [6.07, 6.45) is 0. The summed E-state index contributed by atoms with van der Waals surface area (Å²) in [6, 6.07) is -0.180. The maximum absolute atomic E-state index is 10.7. The Hall–Kier alpha value is -0.260. The molecule has 3 N–H and O–H groups in total. The summed E-state index contributed by atoms with van der Waals surface area (Å²) in [5.74, 6) is 0.472. The zero-order chi connectivity index (χ0) is 8.27. The normalized spacial score (nSPS) is 30.6. The fourth-order valence-electron chi connectivity index (χ4n) is 0.945. The van der Waals surface area contributed by atoms with Crippen LogP contribution in [0.1, 0.15) is 0 Å². The van der Waals surface area contributed by atoms with Crippen LogP contribution in [0.25, 0.3) is 0 Å². The summed E-state index contributed by atoms with van der Waals surface area (Å²) in [5.41, 5.74) is 5.10. The van der Waals surface area contributed by atoms with Gasteiger partial charge in [0.25, 0.3) is 0 Å². The summed E-state index contributed by atoms with van der Waals surface area (Å²) in [4.78, 5) is 10.7. The van der Waals surface area contributed by atoms with E-state index in [0.717, 1.165) is 5.75 Å². The van der Waals surface area contributed by atoms with Crippen LogP contribution in [0.2, 0.25) is 0 Å². The lowest BCUT2D eigenvalue weighted by molar-refractivity contribution is -0.119. The van der Waals surface area contributed by atoms with Gasteiger partial charge in [-0.15, -0.1) is 11.8 Å². The molecule has 1 saturated heterocycles. The topological polar surface area (TPSA) is 64.3 Å². The van der Waals surface area contributed by atoms with Gasteiger partial charge in [-0.2, -0.15) is 0 Å². The molecular weight excluding hydrogens is 164 g/mol. The molecule has 0 radical (unpaired) electrons. The summed E-state index contributed by atoms with van der Waals surface area (Å²) in [6.45, 7) is 0.619. The lowest BCUT2D eigenvalue weighted by Crippen LogP contribution is -2.42. The largest absolute Gasteiger partial charge is 0.382 e. The Bertz CT molecular complexity index is 154. The highest BCUT2D eigenvalue weighted by molar-refractivity contribution is 8.00. The Balaban J connectivity index is 2.29. The standard InChI is InChI=1S/C6H12N2O2S/c1-10-2-5-8-4(3-11-5)6(7)9/h4-5,8H,2-3H2,1H3,(H2,7,9). The van der Waals surface area contributed by atoms with Gasteiger partial charge in [-0.3, -0.25) is 10.1 Å². The molecule has 0 aromatic carbocycles. The molecule has 2 unspecified atom stereocenters. The van der Waals surface area contributed by atoms with Crippen molar-refractivity contribution >= 4 is 17.7 Å². The molecule has 0 aromatic rings. The molecule has 1 heterocycles. The third-order valence-corrected chi connectivity index (χ3v) is 2.71. The number of hydrogen-bond acceptors (Lipinski definition) is 4. The number of carbonyl (C=O) groups excluding carboxylic acids is 1. The van der Waals surface area contributed by atoms with Gasteiger partial charge in [0.15, 0.2) is 0 Å². The van der Waals surface area contributed by atoms with Crippen LogP contribution in [0.3, 0.4) is 0 Å². The van der Waals surface area contributed by atoms with Crippen LogP contribution in [0.4, 0.5) is 0 Å². The number of rotatable bonds is 3. The second-order valence-electron chi connectivity index (χ2n) is 2.40. The number of carbonyl (C=O) groups is 1. The maximum Gasteiger partial charge on any atom is 0.235 e. The highest BCUT2D eigenvalue weighted by Crippen LogP contribution is 2.18. The fraction of sp³-hybridized carbons (Fsp3) is 0.833. The van der Waals surface area contributed by atoms with E-state index in [2.05, 4.69) is 5.32 Å². The third-order valence-electron chi connectivity index (χ3n) is 1.51. The molecule has 2 atom stereocenters. The van der Waals surface area contributed by atoms with Crippen LogP contribution in [0.15, 0.2) is 0 Å². The average molecular weight is 176 g/mol. The molecule has 0 aromatic heterocycles. The zero-order valence-electron chi connectivity index (χ0n) is 6.37. The number of amides is 1. The van der Waals surface area contributed by atoms with E-state index in [-0.39, 0.29) is 17.3 Å². The van der Waals surface area contributed by atoms with Crippen molar-refractivity contribution in [1.29, 1.82) is 0 Å². The highest BCUT2D eigenvalue weighted by atomic mass is 32.2. The lowest BCUT2D eigenvalue weighted by atomic mass is 10.3. The number of thioether (sulfide) groups is 1. The number of nitrogens with one attached hydrogen (secondary N) is 1. The molecule has 0 aliphatic carbocycles. The Morgan fingerprint density at radius 2 is 2.64 bits per heavy atom. The van der Waals surface area contributed by atoms with Crippen LogP contribution in [0, 0.1) is 0 Å². The number of nitrogens with two attached hydrogens (primary N) is 1.